The Hall–Kier alpha value is -1.55. The van der Waals surface area contributed by atoms with Crippen molar-refractivity contribution in [1.82, 2.24) is 15.2 Å². The van der Waals surface area contributed by atoms with Gasteiger partial charge < -0.3 is 19.9 Å². The van der Waals surface area contributed by atoms with Gasteiger partial charge in [0.15, 0.2) is 5.96 Å². The summed E-state index contributed by atoms with van der Waals surface area (Å²) < 4.78 is 5.35. The zero-order chi connectivity index (χ0) is 19.1. The van der Waals surface area contributed by atoms with E-state index in [1.807, 2.05) is 12.1 Å². The number of hydrogen-bond acceptors (Lipinski definition) is 5. The van der Waals surface area contributed by atoms with Gasteiger partial charge in [0, 0.05) is 49.9 Å². The largest absolute Gasteiger partial charge is 0.497 e. The number of rotatable bonds is 6. The van der Waals surface area contributed by atoms with Crippen LogP contribution in [0.1, 0.15) is 24.5 Å². The number of aliphatic imine (C=N–C) groups is 1. The summed E-state index contributed by atoms with van der Waals surface area (Å²) in [5, 5.41) is 6.72. The molecule has 28 heavy (non-hydrogen) atoms. The van der Waals surface area contributed by atoms with Crippen molar-refractivity contribution in [2.24, 2.45) is 4.99 Å². The summed E-state index contributed by atoms with van der Waals surface area (Å²) in [6.45, 7) is 9.57. The predicted octanol–water partition coefficient (Wildman–Crippen LogP) is 3.62. The Bertz CT molecular complexity index is 759. The van der Waals surface area contributed by atoms with Crippen LogP contribution in [0, 0.1) is 0 Å². The molecular formula is C20H30IN5OS. The van der Waals surface area contributed by atoms with E-state index in [0.717, 1.165) is 56.5 Å². The van der Waals surface area contributed by atoms with Crippen molar-refractivity contribution in [3.63, 3.8) is 0 Å². The minimum Gasteiger partial charge on any atom is -0.497 e. The number of anilines is 1. The minimum absolute atomic E-state index is 0. The molecule has 2 aromatic rings. The summed E-state index contributed by atoms with van der Waals surface area (Å²) >= 11 is 1.72. The first-order valence-corrected chi connectivity index (χ1v) is 10.5. The van der Waals surface area contributed by atoms with Crippen LogP contribution < -0.4 is 15.0 Å². The van der Waals surface area contributed by atoms with Crippen LogP contribution in [0.2, 0.25) is 0 Å². The van der Waals surface area contributed by atoms with Crippen LogP contribution in [0.3, 0.4) is 0 Å². The molecular weight excluding hydrogens is 485 g/mol. The number of aromatic nitrogens is 1. The van der Waals surface area contributed by atoms with Crippen molar-refractivity contribution in [2.75, 3.05) is 44.7 Å². The average molecular weight is 515 g/mol. The number of methoxy groups -OCH3 is 1. The molecule has 1 aromatic carbocycles. The van der Waals surface area contributed by atoms with Crippen molar-refractivity contribution < 1.29 is 4.74 Å². The van der Waals surface area contributed by atoms with Gasteiger partial charge in [0.05, 0.1) is 24.4 Å². The molecule has 0 bridgehead atoms. The fourth-order valence-corrected chi connectivity index (χ4v) is 3.89. The molecule has 0 aliphatic carbocycles. The van der Waals surface area contributed by atoms with Crippen molar-refractivity contribution >= 4 is 47.0 Å². The summed E-state index contributed by atoms with van der Waals surface area (Å²) in [5.74, 6) is 1.88. The van der Waals surface area contributed by atoms with Gasteiger partial charge in [0.2, 0.25) is 0 Å². The van der Waals surface area contributed by atoms with Crippen LogP contribution in [0.4, 0.5) is 5.69 Å². The number of ether oxygens (including phenoxy) is 1. The van der Waals surface area contributed by atoms with Crippen molar-refractivity contribution in [3.05, 3.63) is 40.3 Å². The molecule has 1 fully saturated rings. The summed E-state index contributed by atoms with van der Waals surface area (Å²) in [6.07, 6.45) is 0.987. The highest BCUT2D eigenvalue weighted by Gasteiger charge is 2.20. The van der Waals surface area contributed by atoms with Gasteiger partial charge in [0.1, 0.15) is 5.75 Å². The number of nitrogens with zero attached hydrogens (tertiary/aromatic N) is 4. The molecule has 0 saturated carbocycles. The van der Waals surface area contributed by atoms with E-state index < -0.39 is 0 Å². The maximum atomic E-state index is 5.35. The Morgan fingerprint density at radius 2 is 2.04 bits per heavy atom. The van der Waals surface area contributed by atoms with Gasteiger partial charge in [-0.15, -0.1) is 35.3 Å². The molecule has 6 nitrogen and oxygen atoms in total. The Morgan fingerprint density at radius 1 is 1.25 bits per heavy atom. The predicted molar refractivity (Wildman–Crippen MR) is 129 cm³/mol. The second kappa shape index (κ2) is 11.5. The molecule has 2 heterocycles. The molecule has 0 radical (unpaired) electrons. The highest BCUT2D eigenvalue weighted by atomic mass is 127. The van der Waals surface area contributed by atoms with Gasteiger partial charge in [-0.05, 0) is 25.5 Å². The Kier molecular flexibility index (Phi) is 9.30. The quantitative estimate of drug-likeness (QED) is 0.362. The molecule has 1 aromatic heterocycles. The molecule has 8 heteroatoms. The Balaban J connectivity index is 0.00000280. The van der Waals surface area contributed by atoms with Gasteiger partial charge in [0.25, 0.3) is 0 Å². The number of piperazine rings is 1. The summed E-state index contributed by atoms with van der Waals surface area (Å²) in [4.78, 5) is 14.2. The SMILES string of the molecule is CCNC(=NCc1csc(CC)n1)N1CCN(c2cccc(OC)c2)CC1.I. The van der Waals surface area contributed by atoms with Crippen LogP contribution >= 0.6 is 35.3 Å². The third-order valence-electron chi connectivity index (χ3n) is 4.63. The van der Waals surface area contributed by atoms with Crippen LogP contribution in [-0.2, 0) is 13.0 Å². The lowest BCUT2D eigenvalue weighted by Gasteiger charge is -2.37. The molecule has 3 rings (SSSR count). The number of aryl methyl sites for hydroxylation is 1. The van der Waals surface area contributed by atoms with Crippen LogP contribution in [-0.4, -0.2) is 55.7 Å². The van der Waals surface area contributed by atoms with E-state index in [-0.39, 0.29) is 24.0 Å². The van der Waals surface area contributed by atoms with Crippen molar-refractivity contribution in [1.29, 1.82) is 0 Å². The molecule has 0 atom stereocenters. The highest BCUT2D eigenvalue weighted by Crippen LogP contribution is 2.22. The van der Waals surface area contributed by atoms with E-state index in [1.54, 1.807) is 18.4 Å². The smallest absolute Gasteiger partial charge is 0.194 e. The maximum absolute atomic E-state index is 5.35. The fourth-order valence-electron chi connectivity index (χ4n) is 3.15. The van der Waals surface area contributed by atoms with Crippen LogP contribution in [0.5, 0.6) is 5.75 Å². The molecule has 0 spiro atoms. The average Bonchev–Trinajstić information content (AvgIpc) is 3.19. The number of thiazole rings is 1. The molecule has 1 N–H and O–H groups in total. The van der Waals surface area contributed by atoms with Crippen LogP contribution in [0.15, 0.2) is 34.6 Å². The maximum Gasteiger partial charge on any atom is 0.194 e. The second-order valence-electron chi connectivity index (χ2n) is 6.43. The van der Waals surface area contributed by atoms with E-state index in [2.05, 4.69) is 51.5 Å². The van der Waals surface area contributed by atoms with E-state index >= 15 is 0 Å². The van der Waals surface area contributed by atoms with Crippen molar-refractivity contribution in [2.45, 2.75) is 26.8 Å². The number of hydrogen-bond donors (Lipinski definition) is 1. The number of nitrogens with one attached hydrogen (secondary N) is 1. The first-order valence-electron chi connectivity index (χ1n) is 9.59. The summed E-state index contributed by atoms with van der Waals surface area (Å²) in [5.41, 5.74) is 2.27. The number of halogens is 1. The lowest BCUT2D eigenvalue weighted by Crippen LogP contribution is -2.52. The highest BCUT2D eigenvalue weighted by molar-refractivity contribution is 14.0. The van der Waals surface area contributed by atoms with Gasteiger partial charge in [-0.3, -0.25) is 0 Å². The summed E-state index contributed by atoms with van der Waals surface area (Å²) in [7, 11) is 1.71. The molecule has 1 aliphatic rings. The topological polar surface area (TPSA) is 53.0 Å². The van der Waals surface area contributed by atoms with E-state index in [9.17, 15) is 0 Å². The lowest BCUT2D eigenvalue weighted by molar-refractivity contribution is 0.372. The van der Waals surface area contributed by atoms with Crippen LogP contribution in [0.25, 0.3) is 0 Å². The number of guanidine groups is 1. The monoisotopic (exact) mass is 515 g/mol. The first kappa shape index (κ1) is 22.7. The van der Waals surface area contributed by atoms with E-state index in [4.69, 9.17) is 9.73 Å². The molecule has 0 amide bonds. The fraction of sp³-hybridized carbons (Fsp3) is 0.500. The second-order valence-corrected chi connectivity index (χ2v) is 7.37. The van der Waals surface area contributed by atoms with Gasteiger partial charge in [-0.25, -0.2) is 9.98 Å². The zero-order valence-corrected chi connectivity index (χ0v) is 20.0. The molecule has 154 valence electrons. The standard InChI is InChI=1S/C20H29N5OS.HI/c1-4-19-23-16(15-27-19)14-22-20(21-5-2)25-11-9-24(10-12-25)17-7-6-8-18(13-17)26-3;/h6-8,13,15H,4-5,9-12,14H2,1-3H3,(H,21,22);1H. The normalized spacial score (nSPS) is 14.6. The first-order chi connectivity index (χ1) is 13.2. The third kappa shape index (κ3) is 5.97. The lowest BCUT2D eigenvalue weighted by atomic mass is 10.2. The minimum atomic E-state index is 0. The Labute approximate surface area is 189 Å². The number of benzene rings is 1. The molecule has 0 unspecified atom stereocenters. The third-order valence-corrected chi connectivity index (χ3v) is 5.67. The Morgan fingerprint density at radius 3 is 2.68 bits per heavy atom. The molecule has 1 aliphatic heterocycles. The van der Waals surface area contributed by atoms with Gasteiger partial charge >= 0.3 is 0 Å². The summed E-state index contributed by atoms with van der Waals surface area (Å²) in [6, 6.07) is 8.27. The zero-order valence-electron chi connectivity index (χ0n) is 16.9. The van der Waals surface area contributed by atoms with Gasteiger partial charge in [-0.2, -0.15) is 0 Å². The van der Waals surface area contributed by atoms with E-state index in [0.29, 0.717) is 6.54 Å². The molecule has 1 saturated heterocycles. The van der Waals surface area contributed by atoms with E-state index in [1.165, 1.54) is 10.7 Å². The van der Waals surface area contributed by atoms with Gasteiger partial charge in [-0.1, -0.05) is 13.0 Å². The van der Waals surface area contributed by atoms with Crippen molar-refractivity contribution in [3.8, 4) is 5.75 Å².